The van der Waals surface area contributed by atoms with Crippen molar-refractivity contribution >= 4 is 54.6 Å². The van der Waals surface area contributed by atoms with Crippen LogP contribution in [0.4, 0.5) is 0 Å². The van der Waals surface area contributed by atoms with Crippen LogP contribution in [0.1, 0.15) is 0 Å². The zero-order valence-electron chi connectivity index (χ0n) is 28.5. The molecule has 1 N–H and O–H groups in total. The van der Waals surface area contributed by atoms with E-state index in [0.717, 1.165) is 78.2 Å². The number of aromatic amines is 1. The van der Waals surface area contributed by atoms with Crippen molar-refractivity contribution < 1.29 is 0 Å². The van der Waals surface area contributed by atoms with E-state index in [0.29, 0.717) is 0 Å². The van der Waals surface area contributed by atoms with Gasteiger partial charge in [-0.1, -0.05) is 91.0 Å². The zero-order valence-corrected chi connectivity index (χ0v) is 28.5. The third kappa shape index (κ3) is 4.56. The highest BCUT2D eigenvalue weighted by Gasteiger charge is 2.21. The Morgan fingerprint density at radius 2 is 1.17 bits per heavy atom. The second-order valence-corrected chi connectivity index (χ2v) is 13.4. The summed E-state index contributed by atoms with van der Waals surface area (Å²) in [5.74, 6) is 1.76. The maximum atomic E-state index is 5.52. The minimum absolute atomic E-state index is 0.864. The molecule has 248 valence electrons. The van der Waals surface area contributed by atoms with Gasteiger partial charge in [-0.05, 0) is 83.4 Å². The highest BCUT2D eigenvalue weighted by molar-refractivity contribution is 6.13. The van der Waals surface area contributed by atoms with Gasteiger partial charge in [0, 0.05) is 62.5 Å². The Morgan fingerprint density at radius 3 is 2.08 bits per heavy atom. The lowest BCUT2D eigenvalue weighted by atomic mass is 10.0. The first-order valence-electron chi connectivity index (χ1n) is 17.8. The second-order valence-electron chi connectivity index (χ2n) is 13.4. The molecule has 0 aliphatic rings. The molecular formula is C47H30N6. The van der Waals surface area contributed by atoms with Crippen LogP contribution < -0.4 is 0 Å². The first kappa shape index (κ1) is 29.4. The van der Waals surface area contributed by atoms with Gasteiger partial charge in [-0.15, -0.1) is 0 Å². The van der Waals surface area contributed by atoms with Crippen molar-refractivity contribution in [2.24, 2.45) is 0 Å². The summed E-state index contributed by atoms with van der Waals surface area (Å²) in [5.41, 5.74) is 12.8. The van der Waals surface area contributed by atoms with Gasteiger partial charge in [0.1, 0.15) is 11.6 Å². The number of nitrogens with zero attached hydrogens (tertiary/aromatic N) is 5. The highest BCUT2D eigenvalue weighted by Crippen LogP contribution is 2.40. The molecular weight excluding hydrogens is 649 g/mol. The Kier molecular flexibility index (Phi) is 6.45. The fourth-order valence-electron chi connectivity index (χ4n) is 8.06. The number of hydrogen-bond acceptors (Lipinski definition) is 3. The largest absolute Gasteiger partial charge is 0.354 e. The van der Waals surface area contributed by atoms with Gasteiger partial charge >= 0.3 is 0 Å². The number of para-hydroxylation sites is 5. The number of H-pyrrole nitrogens is 1. The van der Waals surface area contributed by atoms with Crippen molar-refractivity contribution in [2.75, 3.05) is 0 Å². The Morgan fingerprint density at radius 1 is 0.453 bits per heavy atom. The maximum Gasteiger partial charge on any atom is 0.147 e. The quantitative estimate of drug-likeness (QED) is 0.197. The van der Waals surface area contributed by atoms with E-state index < -0.39 is 0 Å². The Labute approximate surface area is 304 Å². The van der Waals surface area contributed by atoms with Crippen LogP contribution in [0.5, 0.6) is 0 Å². The Balaban J connectivity index is 1.16. The van der Waals surface area contributed by atoms with E-state index in [1.807, 2.05) is 30.7 Å². The topological polar surface area (TPSA) is 64.3 Å². The monoisotopic (exact) mass is 678 g/mol. The molecule has 0 bridgehead atoms. The fraction of sp³-hybridized carbons (Fsp3) is 0. The highest BCUT2D eigenvalue weighted by atomic mass is 15.1. The van der Waals surface area contributed by atoms with Gasteiger partial charge in [0.2, 0.25) is 0 Å². The van der Waals surface area contributed by atoms with Gasteiger partial charge in [0.25, 0.3) is 0 Å². The summed E-state index contributed by atoms with van der Waals surface area (Å²) in [6, 6.07) is 55.7. The molecule has 53 heavy (non-hydrogen) atoms. The predicted molar refractivity (Wildman–Crippen MR) is 217 cm³/mol. The molecule has 0 saturated heterocycles. The third-order valence-electron chi connectivity index (χ3n) is 10.5. The molecule has 0 spiro atoms. The van der Waals surface area contributed by atoms with Crippen molar-refractivity contribution in [1.82, 2.24) is 29.1 Å². The van der Waals surface area contributed by atoms with Gasteiger partial charge in [-0.2, -0.15) is 0 Å². The smallest absolute Gasteiger partial charge is 0.147 e. The summed E-state index contributed by atoms with van der Waals surface area (Å²) in [6.45, 7) is 0. The van der Waals surface area contributed by atoms with Gasteiger partial charge in [0.15, 0.2) is 0 Å². The molecule has 0 saturated carbocycles. The minimum Gasteiger partial charge on any atom is -0.354 e. The molecule has 0 atom stereocenters. The van der Waals surface area contributed by atoms with Gasteiger partial charge in [-0.25, -0.2) is 9.97 Å². The molecule has 6 nitrogen and oxygen atoms in total. The maximum absolute atomic E-state index is 5.52. The number of benzene rings is 6. The standard InChI is InChI=1S/C47H30N6/c1-2-10-33(11-3-1)52-42-19-9-14-34(46(42)51-47(52)39-16-8-15-38-35-12-4-6-17-40(35)50-45(38)39)32-20-21-37-36-13-5-7-18-41(36)53(43(37)28-32)44-29-31(24-27-49-44)30-22-25-48-26-23-30/h1-29,50H. The van der Waals surface area contributed by atoms with E-state index in [-0.39, 0.29) is 0 Å². The molecule has 0 radical (unpaired) electrons. The lowest BCUT2D eigenvalue weighted by Crippen LogP contribution is -1.98. The summed E-state index contributed by atoms with van der Waals surface area (Å²) >= 11 is 0. The molecule has 6 aromatic carbocycles. The lowest BCUT2D eigenvalue weighted by Gasteiger charge is -2.11. The molecule has 5 heterocycles. The number of rotatable bonds is 5. The number of imidazole rings is 1. The predicted octanol–water partition coefficient (Wildman–Crippen LogP) is 11.5. The molecule has 6 heteroatoms. The van der Waals surface area contributed by atoms with Gasteiger partial charge < -0.3 is 4.98 Å². The Hall–Kier alpha value is -7.31. The van der Waals surface area contributed by atoms with E-state index >= 15 is 0 Å². The van der Waals surface area contributed by atoms with E-state index in [1.165, 1.54) is 21.5 Å². The first-order valence-corrected chi connectivity index (χ1v) is 17.8. The molecule has 0 aliphatic heterocycles. The van der Waals surface area contributed by atoms with Crippen LogP contribution in [-0.2, 0) is 0 Å². The van der Waals surface area contributed by atoms with Crippen LogP contribution in [0.2, 0.25) is 0 Å². The summed E-state index contributed by atoms with van der Waals surface area (Å²) < 4.78 is 4.58. The third-order valence-corrected chi connectivity index (χ3v) is 10.5. The van der Waals surface area contributed by atoms with Crippen molar-refractivity contribution in [1.29, 1.82) is 0 Å². The number of fused-ring (bicyclic) bond motifs is 7. The fourth-order valence-corrected chi connectivity index (χ4v) is 8.06. The molecule has 11 rings (SSSR count). The summed E-state index contributed by atoms with van der Waals surface area (Å²) in [7, 11) is 0. The first-order chi connectivity index (χ1) is 26.3. The van der Waals surface area contributed by atoms with Gasteiger partial charge in [-0.3, -0.25) is 14.1 Å². The van der Waals surface area contributed by atoms with E-state index in [1.54, 1.807) is 0 Å². The van der Waals surface area contributed by atoms with Crippen LogP contribution >= 0.6 is 0 Å². The van der Waals surface area contributed by atoms with Crippen molar-refractivity contribution in [3.63, 3.8) is 0 Å². The molecule has 0 amide bonds. The number of pyridine rings is 2. The van der Waals surface area contributed by atoms with E-state index in [2.05, 4.69) is 165 Å². The lowest BCUT2D eigenvalue weighted by molar-refractivity contribution is 1.08. The summed E-state index contributed by atoms with van der Waals surface area (Å²) in [6.07, 6.45) is 5.55. The molecule has 11 aromatic rings. The van der Waals surface area contributed by atoms with Crippen LogP contribution in [0.15, 0.2) is 176 Å². The Bertz CT molecular complexity index is 3170. The minimum atomic E-state index is 0.864. The van der Waals surface area contributed by atoms with Crippen LogP contribution in [-0.4, -0.2) is 29.1 Å². The van der Waals surface area contributed by atoms with Crippen LogP contribution in [0.25, 0.3) is 99.8 Å². The van der Waals surface area contributed by atoms with Crippen LogP contribution in [0.3, 0.4) is 0 Å². The van der Waals surface area contributed by atoms with E-state index in [9.17, 15) is 0 Å². The SMILES string of the molecule is c1ccc(-n2c(-c3cccc4c3[nH]c3ccccc34)nc3c(-c4ccc5c6ccccc6n(-c6cc(-c7ccncc7)ccn6)c5c4)cccc32)cc1. The van der Waals surface area contributed by atoms with Crippen molar-refractivity contribution in [3.8, 4) is 45.1 Å². The van der Waals surface area contributed by atoms with Crippen molar-refractivity contribution in [3.05, 3.63) is 176 Å². The van der Waals surface area contributed by atoms with Gasteiger partial charge in [0.05, 0.1) is 27.6 Å². The van der Waals surface area contributed by atoms with Crippen LogP contribution in [0, 0.1) is 0 Å². The molecule has 0 fully saturated rings. The second kappa shape index (κ2) is 11.6. The number of aromatic nitrogens is 6. The average Bonchev–Trinajstić information content (AvgIpc) is 3.91. The van der Waals surface area contributed by atoms with Crippen molar-refractivity contribution in [2.45, 2.75) is 0 Å². The number of hydrogen-bond donors (Lipinski definition) is 1. The summed E-state index contributed by atoms with van der Waals surface area (Å²) in [4.78, 5) is 18.4. The summed E-state index contributed by atoms with van der Waals surface area (Å²) in [5, 5.41) is 4.75. The average molecular weight is 679 g/mol. The van der Waals surface area contributed by atoms with E-state index in [4.69, 9.17) is 9.97 Å². The molecule has 0 unspecified atom stereocenters. The number of nitrogens with one attached hydrogen (secondary N) is 1. The molecule has 0 aliphatic carbocycles. The zero-order chi connectivity index (χ0) is 34.9. The molecule has 5 aromatic heterocycles. The normalized spacial score (nSPS) is 11.8.